The van der Waals surface area contributed by atoms with Crippen molar-refractivity contribution in [1.82, 2.24) is 9.47 Å². The molecule has 0 aliphatic carbocycles. The van der Waals surface area contributed by atoms with Gasteiger partial charge in [0.25, 0.3) is 0 Å². The second-order valence-electron chi connectivity index (χ2n) is 6.64. The van der Waals surface area contributed by atoms with Crippen LogP contribution < -0.4 is 0 Å². The minimum atomic E-state index is -0.418. The summed E-state index contributed by atoms with van der Waals surface area (Å²) in [4.78, 5) is 2.20. The zero-order valence-electron chi connectivity index (χ0n) is 14.2. The van der Waals surface area contributed by atoms with Gasteiger partial charge in [0, 0.05) is 42.1 Å². The van der Waals surface area contributed by atoms with Gasteiger partial charge in [-0.25, -0.2) is 8.78 Å². The smallest absolute Gasteiger partial charge is 0.127 e. The molecule has 0 fully saturated rings. The van der Waals surface area contributed by atoms with Crippen molar-refractivity contribution in [2.45, 2.75) is 25.6 Å². The Morgan fingerprint density at radius 1 is 1.00 bits per heavy atom. The number of aromatic nitrogens is 1. The Morgan fingerprint density at radius 3 is 2.73 bits per heavy atom. The summed E-state index contributed by atoms with van der Waals surface area (Å²) < 4.78 is 30.1. The van der Waals surface area contributed by atoms with Crippen molar-refractivity contribution in [3.63, 3.8) is 0 Å². The molecular weight excluding hydrogens is 354 g/mol. The van der Waals surface area contributed by atoms with Crippen LogP contribution in [0, 0.1) is 11.6 Å². The third kappa shape index (κ3) is 3.39. The van der Waals surface area contributed by atoms with E-state index in [1.807, 2.05) is 30.3 Å². The van der Waals surface area contributed by atoms with Crippen molar-refractivity contribution in [2.24, 2.45) is 0 Å². The third-order valence-electron chi connectivity index (χ3n) is 4.90. The second-order valence-corrected chi connectivity index (χ2v) is 7.08. The average molecular weight is 373 g/mol. The summed E-state index contributed by atoms with van der Waals surface area (Å²) in [6.07, 6.45) is 3.01. The maximum atomic E-state index is 14.2. The Morgan fingerprint density at radius 2 is 1.88 bits per heavy atom. The summed E-state index contributed by atoms with van der Waals surface area (Å²) in [5.41, 5.74) is 2.56. The molecule has 0 bridgehead atoms. The van der Waals surface area contributed by atoms with Crippen LogP contribution in [0.5, 0.6) is 0 Å². The fraction of sp³-hybridized carbons (Fsp3) is 0.238. The highest BCUT2D eigenvalue weighted by Gasteiger charge is 2.28. The molecule has 0 saturated carbocycles. The number of rotatable bonds is 3. The van der Waals surface area contributed by atoms with Crippen LogP contribution in [0.15, 0.2) is 60.8 Å². The lowest BCUT2D eigenvalue weighted by Crippen LogP contribution is -2.30. The zero-order valence-corrected chi connectivity index (χ0v) is 15.0. The lowest BCUT2D eigenvalue weighted by atomic mass is 10.0. The molecule has 2 heterocycles. The molecule has 1 unspecified atom stereocenters. The summed E-state index contributed by atoms with van der Waals surface area (Å²) in [5.74, 6) is -0.797. The minimum absolute atomic E-state index is 0.0612. The quantitative estimate of drug-likeness (QED) is 0.596. The molecule has 2 aromatic carbocycles. The molecule has 4 rings (SSSR count). The SMILES string of the molecule is Fc1ccc(F)c(CN2CCCn3cccc3C2c2cccc(Cl)c2)c1. The van der Waals surface area contributed by atoms with Crippen molar-refractivity contribution in [1.29, 1.82) is 0 Å². The molecular formula is C21H19ClF2N2. The van der Waals surface area contributed by atoms with Crippen LogP contribution in [0.4, 0.5) is 8.78 Å². The van der Waals surface area contributed by atoms with Gasteiger partial charge in [-0.05, 0) is 54.4 Å². The predicted molar refractivity (Wildman–Crippen MR) is 99.1 cm³/mol. The van der Waals surface area contributed by atoms with Gasteiger partial charge in [0.15, 0.2) is 0 Å². The van der Waals surface area contributed by atoms with Crippen LogP contribution in [0.25, 0.3) is 0 Å². The predicted octanol–water partition coefficient (Wildman–Crippen LogP) is 5.42. The van der Waals surface area contributed by atoms with E-state index in [-0.39, 0.29) is 11.9 Å². The molecule has 3 aromatic rings. The molecule has 0 amide bonds. The number of benzene rings is 2. The van der Waals surface area contributed by atoms with Crippen molar-refractivity contribution in [3.8, 4) is 0 Å². The Balaban J connectivity index is 1.77. The first-order chi connectivity index (χ1) is 12.6. The van der Waals surface area contributed by atoms with Gasteiger partial charge in [-0.2, -0.15) is 0 Å². The molecule has 1 aromatic heterocycles. The van der Waals surface area contributed by atoms with Crippen LogP contribution in [-0.4, -0.2) is 16.0 Å². The van der Waals surface area contributed by atoms with Crippen LogP contribution >= 0.6 is 11.6 Å². The highest BCUT2D eigenvalue weighted by Crippen LogP contribution is 2.34. The van der Waals surface area contributed by atoms with Crippen LogP contribution in [0.3, 0.4) is 0 Å². The number of hydrogen-bond acceptors (Lipinski definition) is 1. The van der Waals surface area contributed by atoms with Gasteiger partial charge in [-0.3, -0.25) is 4.90 Å². The van der Waals surface area contributed by atoms with Gasteiger partial charge < -0.3 is 4.57 Å². The van der Waals surface area contributed by atoms with Gasteiger partial charge in [0.05, 0.1) is 6.04 Å². The van der Waals surface area contributed by atoms with E-state index in [2.05, 4.69) is 21.7 Å². The summed E-state index contributed by atoms with van der Waals surface area (Å²) in [7, 11) is 0. The van der Waals surface area contributed by atoms with Gasteiger partial charge >= 0.3 is 0 Å². The molecule has 1 aliphatic rings. The van der Waals surface area contributed by atoms with Crippen molar-refractivity contribution in [2.75, 3.05) is 6.54 Å². The summed E-state index contributed by atoms with van der Waals surface area (Å²) >= 11 is 6.22. The maximum Gasteiger partial charge on any atom is 0.127 e. The van der Waals surface area contributed by atoms with Gasteiger partial charge in [0.2, 0.25) is 0 Å². The lowest BCUT2D eigenvalue weighted by molar-refractivity contribution is 0.217. The number of fused-ring (bicyclic) bond motifs is 1. The lowest BCUT2D eigenvalue weighted by Gasteiger charge is -2.31. The van der Waals surface area contributed by atoms with Crippen LogP contribution in [0.2, 0.25) is 5.02 Å². The number of hydrogen-bond donors (Lipinski definition) is 0. The largest absolute Gasteiger partial charge is 0.350 e. The molecule has 1 atom stereocenters. The molecule has 0 saturated heterocycles. The second kappa shape index (κ2) is 7.22. The molecule has 5 heteroatoms. The molecule has 134 valence electrons. The molecule has 0 spiro atoms. The zero-order chi connectivity index (χ0) is 18.1. The van der Waals surface area contributed by atoms with Gasteiger partial charge in [-0.15, -0.1) is 0 Å². The fourth-order valence-electron chi connectivity index (χ4n) is 3.75. The van der Waals surface area contributed by atoms with Gasteiger partial charge in [0.1, 0.15) is 11.6 Å². The minimum Gasteiger partial charge on any atom is -0.350 e. The van der Waals surface area contributed by atoms with E-state index < -0.39 is 5.82 Å². The third-order valence-corrected chi connectivity index (χ3v) is 5.13. The number of halogens is 3. The Labute approximate surface area is 156 Å². The van der Waals surface area contributed by atoms with E-state index in [4.69, 9.17) is 11.6 Å². The van der Waals surface area contributed by atoms with E-state index in [1.54, 1.807) is 0 Å². The fourth-order valence-corrected chi connectivity index (χ4v) is 3.95. The van der Waals surface area contributed by atoms with Crippen LogP contribution in [-0.2, 0) is 13.1 Å². The Kier molecular flexibility index (Phi) is 4.79. The Bertz CT molecular complexity index is 922. The van der Waals surface area contributed by atoms with Crippen molar-refractivity contribution >= 4 is 11.6 Å². The molecule has 2 nitrogen and oxygen atoms in total. The van der Waals surface area contributed by atoms with Gasteiger partial charge in [-0.1, -0.05) is 23.7 Å². The Hall–Kier alpha value is -2.17. The van der Waals surface area contributed by atoms with E-state index in [1.165, 1.54) is 12.1 Å². The topological polar surface area (TPSA) is 8.17 Å². The first-order valence-corrected chi connectivity index (χ1v) is 9.08. The normalized spacial score (nSPS) is 17.7. The average Bonchev–Trinajstić information content (AvgIpc) is 2.99. The summed E-state index contributed by atoms with van der Waals surface area (Å²) in [6.45, 7) is 2.03. The summed E-state index contributed by atoms with van der Waals surface area (Å²) in [5, 5.41) is 0.668. The van der Waals surface area contributed by atoms with Crippen LogP contribution in [0.1, 0.15) is 29.3 Å². The number of aryl methyl sites for hydroxylation is 1. The first kappa shape index (κ1) is 17.3. The first-order valence-electron chi connectivity index (χ1n) is 8.70. The van der Waals surface area contributed by atoms with Crippen molar-refractivity contribution in [3.05, 3.63) is 94.3 Å². The molecule has 0 N–H and O–H groups in total. The standard InChI is InChI=1S/C21H19ClF2N2/c22-17-5-1-4-15(12-17)21-20-6-2-9-25(20)10-3-11-26(21)14-16-13-18(23)7-8-19(16)24/h1-2,4-9,12-13,21H,3,10-11,14H2. The summed E-state index contributed by atoms with van der Waals surface area (Å²) in [6, 6.07) is 15.4. The molecule has 1 aliphatic heterocycles. The highest BCUT2D eigenvalue weighted by atomic mass is 35.5. The molecule has 26 heavy (non-hydrogen) atoms. The maximum absolute atomic E-state index is 14.2. The van der Waals surface area contributed by atoms with Crippen molar-refractivity contribution < 1.29 is 8.78 Å². The van der Waals surface area contributed by atoms with E-state index in [9.17, 15) is 8.78 Å². The monoisotopic (exact) mass is 372 g/mol. The van der Waals surface area contributed by atoms with E-state index >= 15 is 0 Å². The molecule has 0 radical (unpaired) electrons. The van der Waals surface area contributed by atoms with E-state index in [0.29, 0.717) is 17.1 Å². The number of nitrogens with zero attached hydrogens (tertiary/aromatic N) is 2. The highest BCUT2D eigenvalue weighted by molar-refractivity contribution is 6.30. The van der Waals surface area contributed by atoms with E-state index in [0.717, 1.165) is 36.8 Å².